The van der Waals surface area contributed by atoms with E-state index in [1.807, 2.05) is 6.07 Å². The third-order valence-electron chi connectivity index (χ3n) is 7.74. The van der Waals surface area contributed by atoms with Crippen molar-refractivity contribution in [2.24, 2.45) is 11.0 Å². The van der Waals surface area contributed by atoms with Crippen LogP contribution in [-0.4, -0.2) is 35.7 Å². The highest BCUT2D eigenvalue weighted by molar-refractivity contribution is 6.39. The van der Waals surface area contributed by atoms with E-state index in [0.29, 0.717) is 62.7 Å². The molecule has 2 aliphatic heterocycles. The molecule has 2 aliphatic carbocycles. The molecule has 2 saturated carbocycles. The molecule has 196 valence electrons. The average Bonchev–Trinajstić information content (AvgIpc) is 3.28. The molecule has 3 fully saturated rings. The van der Waals surface area contributed by atoms with Crippen LogP contribution in [0.1, 0.15) is 53.3 Å². The minimum absolute atomic E-state index is 0.0753. The number of halogens is 3. The minimum Gasteiger partial charge on any atom is -0.458 e. The van der Waals surface area contributed by atoms with E-state index in [0.717, 1.165) is 19.3 Å². The maximum Gasteiger partial charge on any atom is 0.344 e. The monoisotopic (exact) mass is 556 g/mol. The van der Waals surface area contributed by atoms with Crippen LogP contribution in [0, 0.1) is 11.7 Å². The summed E-state index contributed by atoms with van der Waals surface area (Å²) in [6.45, 7) is 0.601. The first kappa shape index (κ1) is 23.8. The van der Waals surface area contributed by atoms with Gasteiger partial charge in [-0.25, -0.2) is 14.7 Å². The lowest BCUT2D eigenvalue weighted by Gasteiger charge is -2.33. The number of rotatable bonds is 6. The number of amidine groups is 1. The van der Waals surface area contributed by atoms with Crippen molar-refractivity contribution in [1.82, 2.24) is 21.7 Å². The van der Waals surface area contributed by atoms with Crippen LogP contribution in [0.2, 0.25) is 10.0 Å². The average molecular weight is 557 g/mol. The first-order valence-electron chi connectivity index (χ1n) is 12.5. The molecule has 0 amide bonds. The fourth-order valence-corrected chi connectivity index (χ4v) is 6.36. The normalized spacial score (nSPS) is 23.8. The van der Waals surface area contributed by atoms with Crippen LogP contribution in [0.25, 0.3) is 11.3 Å². The molecule has 3 atom stereocenters. The number of aromatic nitrogens is 1. The number of nitrogens with one attached hydrogen (secondary N) is 3. The molecule has 12 heteroatoms. The van der Waals surface area contributed by atoms with Gasteiger partial charge in [0.05, 0.1) is 15.7 Å². The summed E-state index contributed by atoms with van der Waals surface area (Å²) in [7, 11) is 0. The Balaban J connectivity index is 1.10. The van der Waals surface area contributed by atoms with Gasteiger partial charge in [0, 0.05) is 42.0 Å². The SMILES string of the molecule is O=C(O[C@@H]1C[C@@H]2C[C@H]1CN2c1ccc(C2=NNNN2)cc1F)c1c(-c2c(Cl)cccc2Cl)noc1C1CC1. The molecule has 3 N–H and O–H groups in total. The summed E-state index contributed by atoms with van der Waals surface area (Å²) in [6, 6.07) is 10.3. The Kier molecular flexibility index (Phi) is 5.72. The first-order valence-corrected chi connectivity index (χ1v) is 13.3. The number of carbonyl (C=O) groups excluding carboxylic acids is 1. The standard InChI is InChI=1S/C26H23Cl2FN6O3/c27-16-2-1-3-17(28)21(16)23-22(24(38-32-23)12-4-5-12)26(36)37-20-10-15-8-14(20)11-35(15)19-7-6-13(9-18(19)29)25-30-33-34-31-25/h1-3,6-7,9,12,14-15,20,33-34H,4-5,8,10-11H2,(H,30,31)/t14-,15-,20+/m0/s1. The van der Waals surface area contributed by atoms with E-state index in [4.69, 9.17) is 32.5 Å². The van der Waals surface area contributed by atoms with Gasteiger partial charge in [-0.1, -0.05) is 34.4 Å². The Bertz CT molecular complexity index is 1450. The number of hydrogen-bond acceptors (Lipinski definition) is 9. The van der Waals surface area contributed by atoms with Gasteiger partial charge in [-0.2, -0.15) is 0 Å². The van der Waals surface area contributed by atoms with Crippen LogP contribution in [-0.2, 0) is 4.74 Å². The Morgan fingerprint density at radius 2 is 1.97 bits per heavy atom. The van der Waals surface area contributed by atoms with Crippen molar-refractivity contribution in [2.75, 3.05) is 11.4 Å². The molecule has 2 aromatic carbocycles. The number of hydrogen-bond donors (Lipinski definition) is 3. The molecular weight excluding hydrogens is 534 g/mol. The van der Waals surface area contributed by atoms with Crippen LogP contribution >= 0.6 is 23.2 Å². The maximum atomic E-state index is 15.1. The highest BCUT2D eigenvalue weighted by Gasteiger charge is 2.48. The second kappa shape index (κ2) is 9.14. The molecule has 1 saturated heterocycles. The number of benzene rings is 2. The number of piperidine rings is 1. The Labute approximate surface area is 227 Å². The van der Waals surface area contributed by atoms with Crippen molar-refractivity contribution >= 4 is 40.7 Å². The summed E-state index contributed by atoms with van der Waals surface area (Å²) in [5.41, 5.74) is 10.3. The lowest BCUT2D eigenvalue weighted by atomic mass is 10.0. The van der Waals surface area contributed by atoms with Gasteiger partial charge >= 0.3 is 5.97 Å². The van der Waals surface area contributed by atoms with Crippen molar-refractivity contribution in [2.45, 2.75) is 43.7 Å². The highest BCUT2D eigenvalue weighted by atomic mass is 35.5. The zero-order valence-corrected chi connectivity index (χ0v) is 21.5. The molecule has 1 aromatic heterocycles. The second-order valence-corrected chi connectivity index (χ2v) is 10.9. The molecule has 0 unspecified atom stereocenters. The van der Waals surface area contributed by atoms with Crippen molar-refractivity contribution in [3.63, 3.8) is 0 Å². The van der Waals surface area contributed by atoms with Crippen LogP contribution in [0.3, 0.4) is 0 Å². The molecule has 3 heterocycles. The largest absolute Gasteiger partial charge is 0.458 e. The predicted octanol–water partition coefficient (Wildman–Crippen LogP) is 4.76. The first-order chi connectivity index (χ1) is 18.5. The van der Waals surface area contributed by atoms with E-state index in [2.05, 4.69) is 31.7 Å². The summed E-state index contributed by atoms with van der Waals surface area (Å²) >= 11 is 12.9. The zero-order chi connectivity index (χ0) is 26.0. The van der Waals surface area contributed by atoms with E-state index in [-0.39, 0.29) is 29.8 Å². The fraction of sp³-hybridized carbons (Fsp3) is 0.346. The van der Waals surface area contributed by atoms with E-state index in [1.54, 1.807) is 24.3 Å². The zero-order valence-electron chi connectivity index (χ0n) is 20.0. The van der Waals surface area contributed by atoms with Crippen LogP contribution in [0.5, 0.6) is 0 Å². The Morgan fingerprint density at radius 1 is 1.16 bits per heavy atom. The fourth-order valence-electron chi connectivity index (χ4n) is 5.78. The minimum atomic E-state index is -0.481. The van der Waals surface area contributed by atoms with Gasteiger partial charge < -0.3 is 14.2 Å². The molecule has 3 aromatic rings. The lowest BCUT2D eigenvalue weighted by Crippen LogP contribution is -2.40. The topological polar surface area (TPSA) is 104 Å². The summed E-state index contributed by atoms with van der Waals surface area (Å²) in [5, 5.41) is 8.98. The van der Waals surface area contributed by atoms with Crippen molar-refractivity contribution in [3.8, 4) is 11.3 Å². The van der Waals surface area contributed by atoms with Gasteiger partial charge in [-0.15, -0.1) is 10.6 Å². The van der Waals surface area contributed by atoms with Crippen LogP contribution in [0.15, 0.2) is 46.0 Å². The molecule has 0 spiro atoms. The summed E-state index contributed by atoms with van der Waals surface area (Å²) in [5.74, 6) is 0.472. The maximum absolute atomic E-state index is 15.1. The molecule has 9 nitrogen and oxygen atoms in total. The molecule has 38 heavy (non-hydrogen) atoms. The van der Waals surface area contributed by atoms with Gasteiger partial charge in [0.1, 0.15) is 23.2 Å². The van der Waals surface area contributed by atoms with E-state index < -0.39 is 5.97 Å². The summed E-state index contributed by atoms with van der Waals surface area (Å²) < 4.78 is 26.8. The molecule has 0 radical (unpaired) electrons. The smallest absolute Gasteiger partial charge is 0.344 e. The van der Waals surface area contributed by atoms with Gasteiger partial charge in [0.15, 0.2) is 11.6 Å². The molecular formula is C26H23Cl2FN6O3. The Hall–Kier alpha value is -3.34. The molecule has 7 rings (SSSR count). The number of hydrazone groups is 1. The highest BCUT2D eigenvalue weighted by Crippen LogP contribution is 2.47. The summed E-state index contributed by atoms with van der Waals surface area (Å²) in [6.07, 6.45) is 3.01. The number of fused-ring (bicyclic) bond motifs is 2. The van der Waals surface area contributed by atoms with E-state index in [1.165, 1.54) is 6.07 Å². The third kappa shape index (κ3) is 3.98. The summed E-state index contributed by atoms with van der Waals surface area (Å²) in [4.78, 5) is 15.6. The number of carbonyl (C=O) groups is 1. The van der Waals surface area contributed by atoms with Gasteiger partial charge in [0.2, 0.25) is 0 Å². The molecule has 2 bridgehead atoms. The number of ether oxygens (including phenoxy) is 1. The van der Waals surface area contributed by atoms with Crippen molar-refractivity contribution in [1.29, 1.82) is 0 Å². The van der Waals surface area contributed by atoms with Crippen molar-refractivity contribution in [3.05, 3.63) is 69.1 Å². The lowest BCUT2D eigenvalue weighted by molar-refractivity contribution is 0.0191. The molecule has 4 aliphatic rings. The van der Waals surface area contributed by atoms with Gasteiger partial charge in [-0.3, -0.25) is 5.43 Å². The quantitative estimate of drug-likeness (QED) is 0.373. The predicted molar refractivity (Wildman–Crippen MR) is 139 cm³/mol. The third-order valence-corrected chi connectivity index (χ3v) is 8.37. The van der Waals surface area contributed by atoms with Gasteiger partial charge in [-0.05, 0) is 49.6 Å². The van der Waals surface area contributed by atoms with E-state index >= 15 is 4.39 Å². The van der Waals surface area contributed by atoms with Crippen LogP contribution in [0.4, 0.5) is 10.1 Å². The van der Waals surface area contributed by atoms with Crippen LogP contribution < -0.4 is 21.4 Å². The van der Waals surface area contributed by atoms with Gasteiger partial charge in [0.25, 0.3) is 0 Å². The Morgan fingerprint density at radius 3 is 2.63 bits per heavy atom. The number of hydrazine groups is 2. The van der Waals surface area contributed by atoms with E-state index in [9.17, 15) is 4.79 Å². The number of esters is 1. The second-order valence-electron chi connectivity index (χ2n) is 10.1. The van der Waals surface area contributed by atoms with Crippen molar-refractivity contribution < 1.29 is 18.4 Å². The number of nitrogens with zero attached hydrogens (tertiary/aromatic N) is 3. The number of anilines is 1.